The maximum absolute atomic E-state index is 12.5. The average Bonchev–Trinajstić information content (AvgIpc) is 2.69. The third-order valence-electron chi connectivity index (χ3n) is 5.02. The molecule has 1 aliphatic rings. The summed E-state index contributed by atoms with van der Waals surface area (Å²) in [6.07, 6.45) is 6.29. The third kappa shape index (κ3) is 6.07. The van der Waals surface area contributed by atoms with E-state index in [9.17, 15) is 4.79 Å². The van der Waals surface area contributed by atoms with Gasteiger partial charge < -0.3 is 5.32 Å². The topological polar surface area (TPSA) is 32.3 Å². The van der Waals surface area contributed by atoms with Gasteiger partial charge in [0.1, 0.15) is 0 Å². The summed E-state index contributed by atoms with van der Waals surface area (Å²) in [5, 5.41) is 3.21. The largest absolute Gasteiger partial charge is 0.349 e. The van der Waals surface area contributed by atoms with Crippen LogP contribution < -0.4 is 5.32 Å². The van der Waals surface area contributed by atoms with Crippen LogP contribution in [0.5, 0.6) is 0 Å². The van der Waals surface area contributed by atoms with E-state index in [4.69, 9.17) is 0 Å². The van der Waals surface area contributed by atoms with Gasteiger partial charge in [0.15, 0.2) is 0 Å². The number of carbonyl (C=O) groups is 1. The first kappa shape index (κ1) is 19.4. The quantitative estimate of drug-likeness (QED) is 0.804. The van der Waals surface area contributed by atoms with Crippen LogP contribution in [0.1, 0.15) is 48.2 Å². The zero-order valence-electron chi connectivity index (χ0n) is 16.4. The first-order valence-corrected chi connectivity index (χ1v) is 9.95. The van der Waals surface area contributed by atoms with Gasteiger partial charge in [0.25, 0.3) is 5.91 Å². The number of nitrogens with one attached hydrogen (secondary N) is 1. The lowest BCUT2D eigenvalue weighted by Gasteiger charge is -2.32. The molecule has 2 aromatic rings. The summed E-state index contributed by atoms with van der Waals surface area (Å²) >= 11 is 0. The minimum absolute atomic E-state index is 0.0379. The normalized spacial score (nSPS) is 16.1. The molecule has 3 rings (SSSR count). The monoisotopic (exact) mass is 362 g/mol. The van der Waals surface area contributed by atoms with Gasteiger partial charge in [-0.15, -0.1) is 0 Å². The molecule has 0 bridgehead atoms. The highest BCUT2D eigenvalue weighted by atomic mass is 16.1. The summed E-state index contributed by atoms with van der Waals surface area (Å²) < 4.78 is 0. The van der Waals surface area contributed by atoms with E-state index in [2.05, 4.69) is 66.5 Å². The van der Waals surface area contributed by atoms with Gasteiger partial charge in [-0.25, -0.2) is 0 Å². The highest BCUT2D eigenvalue weighted by Gasteiger charge is 2.21. The minimum atomic E-state index is 0.0379. The Kier molecular flexibility index (Phi) is 6.83. The van der Waals surface area contributed by atoms with Crippen LogP contribution in [0.2, 0.25) is 0 Å². The van der Waals surface area contributed by atoms with Crippen LogP contribution in [0.3, 0.4) is 0 Å². The number of hydrogen-bond acceptors (Lipinski definition) is 2. The molecular weight excluding hydrogens is 332 g/mol. The molecule has 142 valence electrons. The van der Waals surface area contributed by atoms with E-state index in [0.29, 0.717) is 5.92 Å². The van der Waals surface area contributed by atoms with E-state index >= 15 is 0 Å². The molecule has 0 atom stereocenters. The second-order valence-corrected chi connectivity index (χ2v) is 7.73. The second-order valence-electron chi connectivity index (χ2n) is 7.73. The fourth-order valence-corrected chi connectivity index (χ4v) is 3.39. The molecule has 0 spiro atoms. The van der Waals surface area contributed by atoms with Gasteiger partial charge in [-0.1, -0.05) is 68.5 Å². The molecule has 0 saturated carbocycles. The lowest BCUT2D eigenvalue weighted by atomic mass is 10.0. The van der Waals surface area contributed by atoms with Crippen LogP contribution in [-0.2, 0) is 6.54 Å². The van der Waals surface area contributed by atoms with Crippen molar-refractivity contribution in [3.8, 4) is 0 Å². The number of hydrogen-bond donors (Lipinski definition) is 1. The molecule has 1 aliphatic heterocycles. The molecule has 27 heavy (non-hydrogen) atoms. The van der Waals surface area contributed by atoms with Gasteiger partial charge in [-0.3, -0.25) is 9.69 Å². The van der Waals surface area contributed by atoms with E-state index in [0.717, 1.165) is 43.6 Å². The number of benzene rings is 2. The predicted molar refractivity (Wildman–Crippen MR) is 113 cm³/mol. The molecule has 0 aromatic heterocycles. The van der Waals surface area contributed by atoms with Gasteiger partial charge in [0.05, 0.1) is 0 Å². The second kappa shape index (κ2) is 9.52. The van der Waals surface area contributed by atoms with Crippen LogP contribution in [-0.4, -0.2) is 29.9 Å². The summed E-state index contributed by atoms with van der Waals surface area (Å²) in [6, 6.07) is 18.7. The molecule has 0 aliphatic carbocycles. The Labute approximate surface area is 163 Å². The number of rotatable bonds is 6. The summed E-state index contributed by atoms with van der Waals surface area (Å²) in [6.45, 7) is 7.36. The van der Waals surface area contributed by atoms with E-state index in [1.54, 1.807) is 0 Å². The molecule has 3 heteroatoms. The fraction of sp³-hybridized carbons (Fsp3) is 0.375. The van der Waals surface area contributed by atoms with Gasteiger partial charge in [-0.05, 0) is 42.0 Å². The van der Waals surface area contributed by atoms with Crippen molar-refractivity contribution in [1.82, 2.24) is 10.2 Å². The van der Waals surface area contributed by atoms with Crippen molar-refractivity contribution in [1.29, 1.82) is 0 Å². The molecule has 1 N–H and O–H groups in total. The van der Waals surface area contributed by atoms with Gasteiger partial charge >= 0.3 is 0 Å². The zero-order valence-corrected chi connectivity index (χ0v) is 16.4. The summed E-state index contributed by atoms with van der Waals surface area (Å²) in [5.41, 5.74) is 3.23. The third-order valence-corrected chi connectivity index (χ3v) is 5.02. The van der Waals surface area contributed by atoms with Crippen LogP contribution in [0.25, 0.3) is 6.08 Å². The van der Waals surface area contributed by atoms with Crippen LogP contribution in [0.15, 0.2) is 60.7 Å². The average molecular weight is 363 g/mol. The summed E-state index contributed by atoms with van der Waals surface area (Å²) in [5.74, 6) is 0.566. The van der Waals surface area contributed by atoms with Crippen molar-refractivity contribution in [3.05, 3.63) is 77.4 Å². The lowest BCUT2D eigenvalue weighted by Crippen LogP contribution is -2.44. The van der Waals surface area contributed by atoms with E-state index in [1.165, 1.54) is 5.56 Å². The van der Waals surface area contributed by atoms with Crippen molar-refractivity contribution in [2.45, 2.75) is 39.3 Å². The maximum Gasteiger partial charge on any atom is 0.251 e. The smallest absolute Gasteiger partial charge is 0.251 e. The molecule has 1 heterocycles. The molecule has 1 amide bonds. The SMILES string of the molecule is CC(C)/C=C/c1ccc(C(=O)NC2CCN(Cc3ccccc3)CC2)cc1. The molecule has 0 unspecified atom stereocenters. The standard InChI is InChI=1S/C24H30N2O/c1-19(2)8-9-20-10-12-22(13-11-20)24(27)25-23-14-16-26(17-15-23)18-21-6-4-3-5-7-21/h3-13,19,23H,14-18H2,1-2H3,(H,25,27)/b9-8+. The van der Waals surface area contributed by atoms with Crippen molar-refractivity contribution >= 4 is 12.0 Å². The fourth-order valence-electron chi connectivity index (χ4n) is 3.39. The Morgan fingerprint density at radius 3 is 2.37 bits per heavy atom. The summed E-state index contributed by atoms with van der Waals surface area (Å²) in [4.78, 5) is 15.0. The number of nitrogens with zero attached hydrogens (tertiary/aromatic N) is 1. The van der Waals surface area contributed by atoms with Crippen molar-refractivity contribution in [2.75, 3.05) is 13.1 Å². The number of carbonyl (C=O) groups excluding carboxylic acids is 1. The Morgan fingerprint density at radius 2 is 1.74 bits per heavy atom. The van der Waals surface area contributed by atoms with Crippen molar-refractivity contribution < 1.29 is 4.79 Å². The van der Waals surface area contributed by atoms with Crippen LogP contribution in [0, 0.1) is 5.92 Å². The molecule has 0 radical (unpaired) electrons. The van der Waals surface area contributed by atoms with Crippen LogP contribution >= 0.6 is 0 Å². The molecule has 2 aromatic carbocycles. The maximum atomic E-state index is 12.5. The number of piperidine rings is 1. The highest BCUT2D eigenvalue weighted by Crippen LogP contribution is 2.15. The Morgan fingerprint density at radius 1 is 1.07 bits per heavy atom. The first-order chi connectivity index (χ1) is 13.1. The highest BCUT2D eigenvalue weighted by molar-refractivity contribution is 5.94. The Hall–Kier alpha value is -2.39. The Balaban J connectivity index is 1.46. The van der Waals surface area contributed by atoms with Gasteiger partial charge in [-0.2, -0.15) is 0 Å². The minimum Gasteiger partial charge on any atom is -0.349 e. The number of amides is 1. The Bertz CT molecular complexity index is 742. The predicted octanol–water partition coefficient (Wildman–Crippen LogP) is 4.75. The molecule has 1 saturated heterocycles. The van der Waals surface area contributed by atoms with E-state index in [1.807, 2.05) is 24.3 Å². The molecule has 3 nitrogen and oxygen atoms in total. The van der Waals surface area contributed by atoms with Gasteiger partial charge in [0.2, 0.25) is 0 Å². The zero-order chi connectivity index (χ0) is 19.1. The molecule has 1 fully saturated rings. The van der Waals surface area contributed by atoms with Crippen molar-refractivity contribution in [2.24, 2.45) is 5.92 Å². The summed E-state index contributed by atoms with van der Waals surface area (Å²) in [7, 11) is 0. The van der Waals surface area contributed by atoms with E-state index in [-0.39, 0.29) is 11.9 Å². The number of likely N-dealkylation sites (tertiary alicyclic amines) is 1. The van der Waals surface area contributed by atoms with Gasteiger partial charge in [0, 0.05) is 31.2 Å². The van der Waals surface area contributed by atoms with Crippen LogP contribution in [0.4, 0.5) is 0 Å². The number of allylic oxidation sites excluding steroid dienone is 1. The lowest BCUT2D eigenvalue weighted by molar-refractivity contribution is 0.0909. The van der Waals surface area contributed by atoms with E-state index < -0.39 is 0 Å². The first-order valence-electron chi connectivity index (χ1n) is 9.95. The molecular formula is C24H30N2O. The van der Waals surface area contributed by atoms with Crippen molar-refractivity contribution in [3.63, 3.8) is 0 Å².